The number of fused-ring (bicyclic) bond motifs is 1. The Morgan fingerprint density at radius 3 is 2.58 bits per heavy atom. The van der Waals surface area contributed by atoms with Crippen LogP contribution in [0.25, 0.3) is 16.7 Å². The van der Waals surface area contributed by atoms with Gasteiger partial charge in [0.25, 0.3) is 0 Å². The van der Waals surface area contributed by atoms with Crippen molar-refractivity contribution in [3.8, 4) is 0 Å². The smallest absolute Gasteiger partial charge is 0.0961 e. The summed E-state index contributed by atoms with van der Waals surface area (Å²) in [5, 5.41) is 5.99. The van der Waals surface area contributed by atoms with Gasteiger partial charge in [-0.1, -0.05) is 50.2 Å². The van der Waals surface area contributed by atoms with Gasteiger partial charge in [-0.3, -0.25) is 5.01 Å². The normalized spacial score (nSPS) is 12.3. The zero-order valence-electron chi connectivity index (χ0n) is 16.0. The van der Waals surface area contributed by atoms with Crippen molar-refractivity contribution in [2.45, 2.75) is 27.3 Å². The van der Waals surface area contributed by atoms with Crippen LogP contribution < -0.4 is 0 Å². The fraction of sp³-hybridized carbons (Fsp3) is 0.273. The number of rotatable bonds is 6. The molecule has 0 bridgehead atoms. The Labute approximate surface area is 155 Å². The summed E-state index contributed by atoms with van der Waals surface area (Å²) in [6.45, 7) is 11.1. The Morgan fingerprint density at radius 2 is 1.92 bits per heavy atom. The highest BCUT2D eigenvalue weighted by molar-refractivity contribution is 5.81. The highest BCUT2D eigenvalue weighted by Crippen LogP contribution is 2.29. The summed E-state index contributed by atoms with van der Waals surface area (Å²) in [5.41, 5.74) is 6.90. The van der Waals surface area contributed by atoms with Crippen LogP contribution in [-0.2, 0) is 6.54 Å². The van der Waals surface area contributed by atoms with Crippen molar-refractivity contribution in [1.82, 2.24) is 14.6 Å². The lowest BCUT2D eigenvalue weighted by Crippen LogP contribution is -2.13. The van der Waals surface area contributed by atoms with E-state index in [-0.39, 0.29) is 0 Å². The van der Waals surface area contributed by atoms with Crippen molar-refractivity contribution in [2.24, 2.45) is 11.0 Å². The van der Waals surface area contributed by atoms with Crippen molar-refractivity contribution in [3.63, 3.8) is 0 Å². The second-order valence-electron chi connectivity index (χ2n) is 6.91. The summed E-state index contributed by atoms with van der Waals surface area (Å²) in [5.74, 6) is 0.430. The maximum atomic E-state index is 4.56. The third-order valence-electron chi connectivity index (χ3n) is 4.87. The molecule has 0 N–H and O–H groups in total. The standard InChI is InChI=1S/C22H26N4/c1-16(2)17(3)22(25(5)23-4)19-11-12-20-21(13-19)26(15-24-20)14-18-9-7-6-8-10-18/h6-13,15-16H,4,14H2,1-3,5H3/b22-17-. The SMILES string of the molecule is C=NN(C)/C(=C(/C)C(C)C)c1ccc2ncn(Cc3ccccc3)c2c1. The van der Waals surface area contributed by atoms with Crippen molar-refractivity contribution >= 4 is 23.4 Å². The summed E-state index contributed by atoms with van der Waals surface area (Å²) < 4.78 is 2.19. The molecule has 1 heterocycles. The molecular weight excluding hydrogens is 320 g/mol. The molecule has 0 radical (unpaired) electrons. The lowest BCUT2D eigenvalue weighted by Gasteiger charge is -2.22. The van der Waals surface area contributed by atoms with Gasteiger partial charge in [0.2, 0.25) is 0 Å². The molecule has 0 saturated carbocycles. The van der Waals surface area contributed by atoms with Crippen LogP contribution in [0.1, 0.15) is 31.9 Å². The molecule has 1 aromatic heterocycles. The van der Waals surface area contributed by atoms with Gasteiger partial charge >= 0.3 is 0 Å². The quantitative estimate of drug-likeness (QED) is 0.464. The highest BCUT2D eigenvalue weighted by Gasteiger charge is 2.15. The van der Waals surface area contributed by atoms with Gasteiger partial charge in [0.1, 0.15) is 0 Å². The number of hydrogen-bond acceptors (Lipinski definition) is 3. The predicted molar refractivity (Wildman–Crippen MR) is 110 cm³/mol. The summed E-state index contributed by atoms with van der Waals surface area (Å²) in [4.78, 5) is 4.56. The molecule has 0 saturated heterocycles. The van der Waals surface area contributed by atoms with Crippen molar-refractivity contribution in [3.05, 3.63) is 71.6 Å². The van der Waals surface area contributed by atoms with E-state index < -0.39 is 0 Å². The Kier molecular flexibility index (Phi) is 5.21. The number of nitrogens with zero attached hydrogens (tertiary/aromatic N) is 4. The molecule has 2 aromatic carbocycles. The van der Waals surface area contributed by atoms with Gasteiger partial charge in [0.15, 0.2) is 0 Å². The van der Waals surface area contributed by atoms with Crippen LogP contribution in [-0.4, -0.2) is 28.3 Å². The third-order valence-corrected chi connectivity index (χ3v) is 4.87. The first-order chi connectivity index (χ1) is 12.5. The van der Waals surface area contributed by atoms with E-state index in [1.807, 2.05) is 24.5 Å². The van der Waals surface area contributed by atoms with Crippen LogP contribution in [0, 0.1) is 5.92 Å². The lowest BCUT2D eigenvalue weighted by atomic mass is 9.98. The Balaban J connectivity index is 2.09. The molecular formula is C22H26N4. The first-order valence-corrected chi connectivity index (χ1v) is 8.91. The summed E-state index contributed by atoms with van der Waals surface area (Å²) in [7, 11) is 1.94. The number of aromatic nitrogens is 2. The first-order valence-electron chi connectivity index (χ1n) is 8.91. The van der Waals surface area contributed by atoms with Gasteiger partial charge in [-0.2, -0.15) is 5.10 Å². The van der Waals surface area contributed by atoms with Crippen molar-refractivity contribution in [2.75, 3.05) is 7.05 Å². The number of imidazole rings is 1. The van der Waals surface area contributed by atoms with Gasteiger partial charge in [0.05, 0.1) is 23.1 Å². The number of benzene rings is 2. The minimum Gasteiger partial charge on any atom is -0.326 e. The second kappa shape index (κ2) is 7.56. The average Bonchev–Trinajstić information content (AvgIpc) is 3.04. The van der Waals surface area contributed by atoms with Crippen molar-refractivity contribution in [1.29, 1.82) is 0 Å². The molecule has 134 valence electrons. The first kappa shape index (κ1) is 17.9. The van der Waals surface area contributed by atoms with E-state index in [0.717, 1.165) is 28.8 Å². The fourth-order valence-electron chi connectivity index (χ4n) is 3.12. The molecule has 26 heavy (non-hydrogen) atoms. The third kappa shape index (κ3) is 3.54. The highest BCUT2D eigenvalue weighted by atomic mass is 15.4. The minimum absolute atomic E-state index is 0.430. The van der Waals surface area contributed by atoms with E-state index in [4.69, 9.17) is 0 Å². The summed E-state index contributed by atoms with van der Waals surface area (Å²) in [6, 6.07) is 16.8. The summed E-state index contributed by atoms with van der Waals surface area (Å²) >= 11 is 0. The van der Waals surface area contributed by atoms with E-state index >= 15 is 0 Å². The maximum Gasteiger partial charge on any atom is 0.0961 e. The second-order valence-corrected chi connectivity index (χ2v) is 6.91. The molecule has 0 aliphatic heterocycles. The number of hydrogen-bond donors (Lipinski definition) is 0. The van der Waals surface area contributed by atoms with E-state index in [9.17, 15) is 0 Å². The summed E-state index contributed by atoms with van der Waals surface area (Å²) in [6.07, 6.45) is 1.91. The zero-order chi connectivity index (χ0) is 18.7. The minimum atomic E-state index is 0.430. The Hall–Kier alpha value is -2.88. The largest absolute Gasteiger partial charge is 0.326 e. The fourth-order valence-corrected chi connectivity index (χ4v) is 3.12. The molecule has 4 heteroatoms. The van der Waals surface area contributed by atoms with E-state index in [1.165, 1.54) is 11.1 Å². The molecule has 0 amide bonds. The van der Waals surface area contributed by atoms with Crippen LogP contribution >= 0.6 is 0 Å². The zero-order valence-corrected chi connectivity index (χ0v) is 16.0. The molecule has 3 aromatic rings. The van der Waals surface area contributed by atoms with Gasteiger partial charge in [-0.25, -0.2) is 4.98 Å². The van der Waals surface area contributed by atoms with Gasteiger partial charge in [0, 0.05) is 25.9 Å². The Bertz CT molecular complexity index is 935. The topological polar surface area (TPSA) is 33.4 Å². The van der Waals surface area contributed by atoms with Gasteiger partial charge in [-0.05, 0) is 36.1 Å². The molecule has 0 atom stereocenters. The molecule has 0 aliphatic carbocycles. The van der Waals surface area contributed by atoms with Crippen LogP contribution in [0.2, 0.25) is 0 Å². The van der Waals surface area contributed by atoms with Gasteiger partial charge < -0.3 is 4.57 Å². The molecule has 4 nitrogen and oxygen atoms in total. The lowest BCUT2D eigenvalue weighted by molar-refractivity contribution is 0.511. The van der Waals surface area contributed by atoms with Crippen LogP contribution in [0.4, 0.5) is 0 Å². The molecule has 0 unspecified atom stereocenters. The van der Waals surface area contributed by atoms with E-state index in [2.05, 4.69) is 84.6 Å². The number of allylic oxidation sites excluding steroid dienone is 1. The average molecular weight is 346 g/mol. The van der Waals surface area contributed by atoms with Crippen LogP contribution in [0.5, 0.6) is 0 Å². The maximum absolute atomic E-state index is 4.56. The van der Waals surface area contributed by atoms with Crippen LogP contribution in [0.3, 0.4) is 0 Å². The van der Waals surface area contributed by atoms with Crippen LogP contribution in [0.15, 0.2) is 65.5 Å². The van der Waals surface area contributed by atoms with Gasteiger partial charge in [-0.15, -0.1) is 0 Å². The predicted octanol–water partition coefficient (Wildman–Crippen LogP) is 5.02. The molecule has 0 aliphatic rings. The monoisotopic (exact) mass is 346 g/mol. The molecule has 3 rings (SSSR count). The number of hydrazone groups is 1. The van der Waals surface area contributed by atoms with E-state index in [0.29, 0.717) is 5.92 Å². The van der Waals surface area contributed by atoms with Crippen molar-refractivity contribution < 1.29 is 0 Å². The Morgan fingerprint density at radius 1 is 1.19 bits per heavy atom. The molecule has 0 fully saturated rings. The van der Waals surface area contributed by atoms with E-state index in [1.54, 1.807) is 0 Å². The molecule has 0 spiro atoms.